The van der Waals surface area contributed by atoms with Crippen molar-refractivity contribution in [2.24, 2.45) is 0 Å². The highest BCUT2D eigenvalue weighted by Crippen LogP contribution is 2.25. The number of nitrogens with zero attached hydrogens (tertiary/aromatic N) is 5. The Balaban J connectivity index is 1.71. The van der Waals surface area contributed by atoms with Gasteiger partial charge in [-0.05, 0) is 59.3 Å². The summed E-state index contributed by atoms with van der Waals surface area (Å²) in [6.07, 6.45) is 5.65. The normalized spacial score (nSPS) is 11.0. The molecule has 0 radical (unpaired) electrons. The van der Waals surface area contributed by atoms with Gasteiger partial charge in [0.2, 0.25) is 0 Å². The lowest BCUT2D eigenvalue weighted by Crippen LogP contribution is -2.01. The average Bonchev–Trinajstić information content (AvgIpc) is 3.22. The first-order chi connectivity index (χ1) is 12.6. The molecule has 0 amide bonds. The minimum atomic E-state index is 0.681. The fourth-order valence-corrected chi connectivity index (χ4v) is 3.38. The summed E-state index contributed by atoms with van der Waals surface area (Å²) in [4.78, 5) is 9.14. The van der Waals surface area contributed by atoms with E-state index in [2.05, 4.69) is 44.2 Å². The fraction of sp³-hybridized carbons (Fsp3) is 0.105. The summed E-state index contributed by atoms with van der Waals surface area (Å²) >= 11 is 8.21. The molecular formula is C19H15ClIN5. The Morgan fingerprint density at radius 1 is 1.12 bits per heavy atom. The molecule has 4 rings (SSSR count). The summed E-state index contributed by atoms with van der Waals surface area (Å²) in [7, 11) is 0. The van der Waals surface area contributed by atoms with E-state index >= 15 is 0 Å². The van der Waals surface area contributed by atoms with E-state index in [1.54, 1.807) is 6.20 Å². The first-order valence-corrected chi connectivity index (χ1v) is 9.51. The molecule has 0 saturated carbocycles. The molecule has 0 aliphatic rings. The molecule has 0 aliphatic carbocycles. The molecule has 0 aliphatic heterocycles. The summed E-state index contributed by atoms with van der Waals surface area (Å²) in [5.74, 6) is 0.818. The van der Waals surface area contributed by atoms with Gasteiger partial charge >= 0.3 is 0 Å². The van der Waals surface area contributed by atoms with E-state index in [1.807, 2.05) is 59.5 Å². The molecule has 0 N–H and O–H groups in total. The standard InChI is InChI=1S/C19H15ClIN5/c1-13-18(21)24-19(17-4-2-3-9-22-17)26(13)16-10-23-25(12-16)11-14-5-7-15(20)8-6-14/h2-10,12H,11H2,1H3. The number of hydrogen-bond donors (Lipinski definition) is 0. The Labute approximate surface area is 169 Å². The Morgan fingerprint density at radius 2 is 1.92 bits per heavy atom. The quantitative estimate of drug-likeness (QED) is 0.400. The van der Waals surface area contributed by atoms with E-state index in [0.717, 1.165) is 37.2 Å². The molecular weight excluding hydrogens is 461 g/mol. The number of halogens is 2. The molecule has 130 valence electrons. The van der Waals surface area contributed by atoms with Crippen molar-refractivity contribution in [2.45, 2.75) is 13.5 Å². The molecule has 0 atom stereocenters. The molecule has 0 bridgehead atoms. The fourth-order valence-electron chi connectivity index (χ4n) is 2.79. The number of rotatable bonds is 4. The van der Waals surface area contributed by atoms with Gasteiger partial charge in [0.1, 0.15) is 9.39 Å². The van der Waals surface area contributed by atoms with Gasteiger partial charge < -0.3 is 0 Å². The largest absolute Gasteiger partial charge is 0.291 e. The lowest BCUT2D eigenvalue weighted by Gasteiger charge is -2.07. The van der Waals surface area contributed by atoms with Crippen LogP contribution in [0.4, 0.5) is 0 Å². The maximum atomic E-state index is 5.95. The van der Waals surface area contributed by atoms with E-state index < -0.39 is 0 Å². The molecule has 0 saturated heterocycles. The molecule has 4 aromatic rings. The van der Waals surface area contributed by atoms with Gasteiger partial charge in [0.25, 0.3) is 0 Å². The lowest BCUT2D eigenvalue weighted by molar-refractivity contribution is 0.686. The maximum Gasteiger partial charge on any atom is 0.164 e. The van der Waals surface area contributed by atoms with Crippen LogP contribution >= 0.6 is 34.2 Å². The van der Waals surface area contributed by atoms with Crippen molar-refractivity contribution in [3.8, 4) is 17.2 Å². The van der Waals surface area contributed by atoms with Gasteiger partial charge in [-0.25, -0.2) is 4.98 Å². The number of hydrogen-bond acceptors (Lipinski definition) is 3. The minimum absolute atomic E-state index is 0.681. The Hall–Kier alpha value is -2.19. The van der Waals surface area contributed by atoms with Gasteiger partial charge in [-0.1, -0.05) is 29.8 Å². The number of pyridine rings is 1. The molecule has 0 spiro atoms. The topological polar surface area (TPSA) is 48.5 Å². The van der Waals surface area contributed by atoms with Crippen LogP contribution in [0.2, 0.25) is 5.02 Å². The van der Waals surface area contributed by atoms with Crippen molar-refractivity contribution in [3.63, 3.8) is 0 Å². The molecule has 3 aromatic heterocycles. The number of imidazole rings is 1. The van der Waals surface area contributed by atoms with E-state index in [0.29, 0.717) is 6.54 Å². The summed E-state index contributed by atoms with van der Waals surface area (Å²) in [5, 5.41) is 5.24. The maximum absolute atomic E-state index is 5.95. The van der Waals surface area contributed by atoms with Crippen LogP contribution in [0.25, 0.3) is 17.2 Å². The van der Waals surface area contributed by atoms with Crippen LogP contribution in [-0.4, -0.2) is 24.3 Å². The van der Waals surface area contributed by atoms with Crippen LogP contribution in [0, 0.1) is 10.6 Å². The molecule has 0 unspecified atom stereocenters. The molecule has 7 heteroatoms. The zero-order valence-corrected chi connectivity index (χ0v) is 16.9. The second-order valence-electron chi connectivity index (χ2n) is 5.88. The Kier molecular flexibility index (Phi) is 4.78. The van der Waals surface area contributed by atoms with Crippen molar-refractivity contribution >= 4 is 34.2 Å². The van der Waals surface area contributed by atoms with Crippen LogP contribution in [-0.2, 0) is 6.54 Å². The number of benzene rings is 1. The zero-order chi connectivity index (χ0) is 18.1. The second kappa shape index (κ2) is 7.20. The summed E-state index contributed by atoms with van der Waals surface area (Å²) in [5.41, 5.74) is 4.01. The third-order valence-corrected chi connectivity index (χ3v) is 5.35. The highest BCUT2D eigenvalue weighted by Gasteiger charge is 2.17. The Morgan fingerprint density at radius 3 is 2.65 bits per heavy atom. The van der Waals surface area contributed by atoms with Crippen molar-refractivity contribution < 1.29 is 0 Å². The van der Waals surface area contributed by atoms with E-state index in [4.69, 9.17) is 16.6 Å². The predicted octanol–water partition coefficient (Wildman–Crippen LogP) is 4.75. The van der Waals surface area contributed by atoms with Gasteiger partial charge in [0.15, 0.2) is 5.82 Å². The van der Waals surface area contributed by atoms with Crippen LogP contribution in [0.1, 0.15) is 11.3 Å². The van der Waals surface area contributed by atoms with Crippen LogP contribution in [0.5, 0.6) is 0 Å². The summed E-state index contributed by atoms with van der Waals surface area (Å²) in [6, 6.07) is 13.6. The van der Waals surface area contributed by atoms with E-state index in [-0.39, 0.29) is 0 Å². The van der Waals surface area contributed by atoms with Crippen molar-refractivity contribution in [3.05, 3.63) is 81.0 Å². The van der Waals surface area contributed by atoms with E-state index in [1.165, 1.54) is 0 Å². The molecule has 26 heavy (non-hydrogen) atoms. The van der Waals surface area contributed by atoms with Crippen molar-refractivity contribution in [1.29, 1.82) is 0 Å². The van der Waals surface area contributed by atoms with Gasteiger partial charge in [-0.2, -0.15) is 5.10 Å². The van der Waals surface area contributed by atoms with Crippen LogP contribution in [0.15, 0.2) is 61.1 Å². The van der Waals surface area contributed by atoms with Crippen molar-refractivity contribution in [1.82, 2.24) is 24.3 Å². The third kappa shape index (κ3) is 3.39. The molecule has 5 nitrogen and oxygen atoms in total. The van der Waals surface area contributed by atoms with Crippen LogP contribution < -0.4 is 0 Å². The summed E-state index contributed by atoms with van der Waals surface area (Å²) < 4.78 is 4.96. The zero-order valence-electron chi connectivity index (χ0n) is 14.0. The highest BCUT2D eigenvalue weighted by molar-refractivity contribution is 14.1. The van der Waals surface area contributed by atoms with E-state index in [9.17, 15) is 0 Å². The van der Waals surface area contributed by atoms with Gasteiger partial charge in [-0.3, -0.25) is 14.2 Å². The smallest absolute Gasteiger partial charge is 0.164 e. The van der Waals surface area contributed by atoms with Gasteiger partial charge in [0.05, 0.1) is 24.1 Å². The monoisotopic (exact) mass is 475 g/mol. The third-order valence-electron chi connectivity index (χ3n) is 4.08. The molecule has 0 fully saturated rings. The van der Waals surface area contributed by atoms with Gasteiger partial charge in [0, 0.05) is 17.4 Å². The number of aromatic nitrogens is 5. The highest BCUT2D eigenvalue weighted by atomic mass is 127. The lowest BCUT2D eigenvalue weighted by atomic mass is 10.2. The molecule has 3 heterocycles. The van der Waals surface area contributed by atoms with Crippen molar-refractivity contribution in [2.75, 3.05) is 0 Å². The first-order valence-electron chi connectivity index (χ1n) is 8.05. The minimum Gasteiger partial charge on any atom is -0.291 e. The average molecular weight is 476 g/mol. The Bertz CT molecular complexity index is 1040. The van der Waals surface area contributed by atoms with Gasteiger partial charge in [-0.15, -0.1) is 0 Å². The summed E-state index contributed by atoms with van der Waals surface area (Å²) in [6.45, 7) is 2.73. The second-order valence-corrected chi connectivity index (χ2v) is 7.34. The predicted molar refractivity (Wildman–Crippen MR) is 111 cm³/mol. The first kappa shape index (κ1) is 17.2. The molecule has 1 aromatic carbocycles. The van der Waals surface area contributed by atoms with Crippen LogP contribution in [0.3, 0.4) is 0 Å². The SMILES string of the molecule is Cc1c(I)nc(-c2ccccn2)n1-c1cnn(Cc2ccc(Cl)cc2)c1.